The van der Waals surface area contributed by atoms with Crippen molar-refractivity contribution in [2.75, 3.05) is 5.75 Å². The van der Waals surface area contributed by atoms with Crippen molar-refractivity contribution >= 4 is 11.8 Å². The molecule has 0 N–H and O–H groups in total. The zero-order chi connectivity index (χ0) is 10.3. The Hall–Kier alpha value is -0.940. The molecule has 0 bridgehead atoms. The third-order valence-corrected chi connectivity index (χ3v) is 4.52. The normalized spacial score (nSPS) is 24.3. The number of fused-ring (bicyclic) bond motifs is 1. The van der Waals surface area contributed by atoms with Crippen molar-refractivity contribution < 1.29 is 0 Å². The summed E-state index contributed by atoms with van der Waals surface area (Å²) in [5.41, 5.74) is 2.31. The Morgan fingerprint density at radius 2 is 2.13 bits per heavy atom. The fraction of sp³-hybridized carbons (Fsp3) is 0.462. The number of benzene rings is 1. The molecule has 1 aliphatic heterocycles. The van der Waals surface area contributed by atoms with Gasteiger partial charge in [-0.3, -0.25) is 0 Å². The molecule has 0 radical (unpaired) electrons. The van der Waals surface area contributed by atoms with Crippen LogP contribution >= 0.6 is 11.8 Å². The van der Waals surface area contributed by atoms with E-state index in [4.69, 9.17) is 5.26 Å². The van der Waals surface area contributed by atoms with E-state index in [0.717, 1.165) is 17.4 Å². The molecule has 0 amide bonds. The van der Waals surface area contributed by atoms with E-state index in [1.807, 2.05) is 17.8 Å². The summed E-state index contributed by atoms with van der Waals surface area (Å²) < 4.78 is 0. The van der Waals surface area contributed by atoms with Crippen LogP contribution in [0.3, 0.4) is 0 Å². The van der Waals surface area contributed by atoms with Gasteiger partial charge in [0.25, 0.3) is 0 Å². The van der Waals surface area contributed by atoms with Crippen molar-refractivity contribution in [2.24, 2.45) is 5.92 Å². The molecule has 1 aliphatic carbocycles. The number of rotatable bonds is 1. The van der Waals surface area contributed by atoms with Crippen molar-refractivity contribution in [3.63, 3.8) is 0 Å². The average Bonchev–Trinajstić information content (AvgIpc) is 3.11. The molecule has 2 heteroatoms. The van der Waals surface area contributed by atoms with Crippen LogP contribution in [0.25, 0.3) is 0 Å². The monoisotopic (exact) mass is 215 g/mol. The van der Waals surface area contributed by atoms with E-state index >= 15 is 0 Å². The first kappa shape index (κ1) is 9.30. The number of hydrogen-bond acceptors (Lipinski definition) is 2. The van der Waals surface area contributed by atoms with Crippen LogP contribution in [-0.2, 0) is 0 Å². The zero-order valence-corrected chi connectivity index (χ0v) is 9.39. The summed E-state index contributed by atoms with van der Waals surface area (Å²) in [6.07, 6.45) is 4.15. The second kappa shape index (κ2) is 3.57. The quantitative estimate of drug-likeness (QED) is 0.715. The standard InChI is InChI=1S/C13H13NS/c14-8-9-1-4-12-11(10-2-3-10)5-6-15-13(12)7-9/h1,4,7,10-11H,2-3,5-6H2. The summed E-state index contributed by atoms with van der Waals surface area (Å²) in [6, 6.07) is 8.44. The summed E-state index contributed by atoms with van der Waals surface area (Å²) in [5.74, 6) is 2.95. The summed E-state index contributed by atoms with van der Waals surface area (Å²) in [5, 5.41) is 8.87. The van der Waals surface area contributed by atoms with E-state index in [1.165, 1.54) is 35.5 Å². The van der Waals surface area contributed by atoms with E-state index in [2.05, 4.69) is 18.2 Å². The SMILES string of the molecule is N#Cc1ccc2c(c1)SCCC2C1CC1. The molecule has 1 unspecified atom stereocenters. The number of hydrogen-bond donors (Lipinski definition) is 0. The van der Waals surface area contributed by atoms with Gasteiger partial charge in [-0.2, -0.15) is 5.26 Å². The van der Waals surface area contributed by atoms with Crippen molar-refractivity contribution in [3.8, 4) is 6.07 Å². The largest absolute Gasteiger partial charge is 0.192 e. The van der Waals surface area contributed by atoms with E-state index in [1.54, 1.807) is 0 Å². The number of nitriles is 1. The van der Waals surface area contributed by atoms with Gasteiger partial charge in [-0.05, 0) is 54.5 Å². The predicted octanol–water partition coefficient (Wildman–Crippen LogP) is 3.55. The van der Waals surface area contributed by atoms with Gasteiger partial charge in [0, 0.05) is 4.90 Å². The Bertz CT molecular complexity index is 429. The minimum Gasteiger partial charge on any atom is -0.192 e. The van der Waals surface area contributed by atoms with Gasteiger partial charge in [0.05, 0.1) is 11.6 Å². The van der Waals surface area contributed by atoms with Gasteiger partial charge in [-0.25, -0.2) is 0 Å². The fourth-order valence-electron chi connectivity index (χ4n) is 2.47. The fourth-order valence-corrected chi connectivity index (χ4v) is 3.66. The zero-order valence-electron chi connectivity index (χ0n) is 8.57. The van der Waals surface area contributed by atoms with Gasteiger partial charge in [-0.15, -0.1) is 11.8 Å². The molecule has 1 atom stereocenters. The molecule has 1 aromatic carbocycles. The van der Waals surface area contributed by atoms with Crippen LogP contribution < -0.4 is 0 Å². The van der Waals surface area contributed by atoms with E-state index in [-0.39, 0.29) is 0 Å². The second-order valence-corrected chi connectivity index (χ2v) is 5.58. The minimum absolute atomic E-state index is 0.786. The van der Waals surface area contributed by atoms with Crippen molar-refractivity contribution in [1.29, 1.82) is 5.26 Å². The van der Waals surface area contributed by atoms with Gasteiger partial charge < -0.3 is 0 Å². The summed E-state index contributed by atoms with van der Waals surface area (Å²) in [7, 11) is 0. The number of thioether (sulfide) groups is 1. The molecule has 1 heterocycles. The molecule has 1 saturated carbocycles. The summed E-state index contributed by atoms with van der Waals surface area (Å²) in [4.78, 5) is 1.36. The van der Waals surface area contributed by atoms with Crippen molar-refractivity contribution in [2.45, 2.75) is 30.1 Å². The molecule has 2 aliphatic rings. The van der Waals surface area contributed by atoms with Crippen LogP contribution in [0.15, 0.2) is 23.1 Å². The third kappa shape index (κ3) is 1.66. The first-order valence-corrected chi connectivity index (χ1v) is 6.54. The Morgan fingerprint density at radius 1 is 1.27 bits per heavy atom. The Balaban J connectivity index is 2.01. The van der Waals surface area contributed by atoms with Gasteiger partial charge in [0.2, 0.25) is 0 Å². The molecular weight excluding hydrogens is 202 g/mol. The highest BCUT2D eigenvalue weighted by Crippen LogP contribution is 2.50. The van der Waals surface area contributed by atoms with Crippen LogP contribution in [0.4, 0.5) is 0 Å². The lowest BCUT2D eigenvalue weighted by molar-refractivity contribution is 0.574. The highest BCUT2D eigenvalue weighted by Gasteiger charge is 2.34. The highest BCUT2D eigenvalue weighted by atomic mass is 32.2. The lowest BCUT2D eigenvalue weighted by Crippen LogP contribution is -2.09. The summed E-state index contributed by atoms with van der Waals surface area (Å²) >= 11 is 1.92. The van der Waals surface area contributed by atoms with Gasteiger partial charge in [0.15, 0.2) is 0 Å². The van der Waals surface area contributed by atoms with Crippen molar-refractivity contribution in [1.82, 2.24) is 0 Å². The maximum absolute atomic E-state index is 8.87. The molecule has 3 rings (SSSR count). The topological polar surface area (TPSA) is 23.8 Å². The lowest BCUT2D eigenvalue weighted by atomic mass is 9.90. The molecule has 1 fully saturated rings. The van der Waals surface area contributed by atoms with Gasteiger partial charge in [-0.1, -0.05) is 6.07 Å². The van der Waals surface area contributed by atoms with E-state index in [0.29, 0.717) is 0 Å². The van der Waals surface area contributed by atoms with Crippen LogP contribution in [0.5, 0.6) is 0 Å². The molecule has 1 nitrogen and oxygen atoms in total. The first-order chi connectivity index (χ1) is 7.38. The minimum atomic E-state index is 0.786. The van der Waals surface area contributed by atoms with E-state index < -0.39 is 0 Å². The van der Waals surface area contributed by atoms with Crippen LogP contribution in [-0.4, -0.2) is 5.75 Å². The predicted molar refractivity (Wildman–Crippen MR) is 62.0 cm³/mol. The average molecular weight is 215 g/mol. The Kier molecular flexibility index (Phi) is 2.21. The molecule has 1 aromatic rings. The van der Waals surface area contributed by atoms with Gasteiger partial charge >= 0.3 is 0 Å². The molecule has 0 aromatic heterocycles. The van der Waals surface area contributed by atoms with E-state index in [9.17, 15) is 0 Å². The summed E-state index contributed by atoms with van der Waals surface area (Å²) in [6.45, 7) is 0. The van der Waals surface area contributed by atoms with Crippen LogP contribution in [0.2, 0.25) is 0 Å². The first-order valence-electron chi connectivity index (χ1n) is 5.55. The molecular formula is C13H13NS. The van der Waals surface area contributed by atoms with Gasteiger partial charge in [0.1, 0.15) is 0 Å². The Morgan fingerprint density at radius 3 is 2.87 bits per heavy atom. The molecule has 76 valence electrons. The maximum atomic E-state index is 8.87. The number of nitrogens with zero attached hydrogens (tertiary/aromatic N) is 1. The molecule has 0 saturated heterocycles. The van der Waals surface area contributed by atoms with Crippen LogP contribution in [0.1, 0.15) is 36.3 Å². The second-order valence-electron chi connectivity index (χ2n) is 4.45. The van der Waals surface area contributed by atoms with Crippen molar-refractivity contribution in [3.05, 3.63) is 29.3 Å². The lowest BCUT2D eigenvalue weighted by Gasteiger charge is -2.24. The smallest absolute Gasteiger partial charge is 0.0992 e. The Labute approximate surface area is 94.5 Å². The van der Waals surface area contributed by atoms with Crippen LogP contribution in [0, 0.1) is 17.2 Å². The maximum Gasteiger partial charge on any atom is 0.0992 e. The molecule has 0 spiro atoms. The highest BCUT2D eigenvalue weighted by molar-refractivity contribution is 7.99. The third-order valence-electron chi connectivity index (χ3n) is 3.42. The molecule has 15 heavy (non-hydrogen) atoms.